The van der Waals surface area contributed by atoms with E-state index in [9.17, 15) is 9.59 Å². The number of rotatable bonds is 7. The molecule has 2 amide bonds. The van der Waals surface area contributed by atoms with Gasteiger partial charge in [-0.15, -0.1) is 0 Å². The van der Waals surface area contributed by atoms with Crippen LogP contribution in [0.25, 0.3) is 6.08 Å². The molecule has 1 aliphatic rings. The van der Waals surface area contributed by atoms with E-state index in [0.29, 0.717) is 17.2 Å². The molecule has 0 unspecified atom stereocenters. The smallest absolute Gasteiger partial charge is 0.293 e. The van der Waals surface area contributed by atoms with Crippen LogP contribution in [0.1, 0.15) is 23.3 Å². The highest BCUT2D eigenvalue weighted by atomic mass is 32.2. The first-order valence-corrected chi connectivity index (χ1v) is 11.4. The lowest BCUT2D eigenvalue weighted by molar-refractivity contribution is -0.122. The molecular weight excluding hydrogens is 414 g/mol. The van der Waals surface area contributed by atoms with Crippen molar-refractivity contribution in [3.63, 3.8) is 0 Å². The molecule has 152 valence electrons. The van der Waals surface area contributed by atoms with Crippen molar-refractivity contribution in [3.05, 3.63) is 88.5 Å². The predicted molar refractivity (Wildman–Crippen MR) is 121 cm³/mol. The fourth-order valence-electron chi connectivity index (χ4n) is 3.10. The van der Waals surface area contributed by atoms with Gasteiger partial charge in [-0.3, -0.25) is 14.5 Å². The maximum absolute atomic E-state index is 12.7. The van der Waals surface area contributed by atoms with Crippen molar-refractivity contribution < 1.29 is 14.0 Å². The van der Waals surface area contributed by atoms with Gasteiger partial charge >= 0.3 is 0 Å². The number of carbonyl (C=O) groups excluding carboxylic acids is 2. The molecule has 4 rings (SSSR count). The molecule has 2 heterocycles. The summed E-state index contributed by atoms with van der Waals surface area (Å²) in [5, 5.41) is 0.521. The molecular formula is C24H21NO3S2. The molecule has 4 nitrogen and oxygen atoms in total. The summed E-state index contributed by atoms with van der Waals surface area (Å²) in [6.45, 7) is 2.47. The highest BCUT2D eigenvalue weighted by Gasteiger charge is 2.34. The largest absolute Gasteiger partial charge is 0.450 e. The normalized spacial score (nSPS) is 15.4. The van der Waals surface area contributed by atoms with E-state index in [-0.39, 0.29) is 11.1 Å². The molecule has 0 N–H and O–H groups in total. The average molecular weight is 436 g/mol. The van der Waals surface area contributed by atoms with Gasteiger partial charge in [0.2, 0.25) is 0 Å². The Morgan fingerprint density at radius 1 is 1.00 bits per heavy atom. The lowest BCUT2D eigenvalue weighted by Gasteiger charge is -2.11. The van der Waals surface area contributed by atoms with Crippen molar-refractivity contribution in [3.8, 4) is 0 Å². The van der Waals surface area contributed by atoms with E-state index in [2.05, 4.69) is 24.3 Å². The zero-order chi connectivity index (χ0) is 20.9. The van der Waals surface area contributed by atoms with E-state index >= 15 is 0 Å². The second-order valence-electron chi connectivity index (χ2n) is 6.99. The molecule has 6 heteroatoms. The van der Waals surface area contributed by atoms with Gasteiger partial charge in [-0.1, -0.05) is 59.8 Å². The number of aryl methyl sites for hydroxylation is 2. The van der Waals surface area contributed by atoms with Crippen molar-refractivity contribution >= 4 is 40.7 Å². The molecule has 2 aromatic carbocycles. The monoisotopic (exact) mass is 435 g/mol. The Morgan fingerprint density at radius 2 is 1.77 bits per heavy atom. The van der Waals surface area contributed by atoms with Crippen LogP contribution in [0.5, 0.6) is 0 Å². The lowest BCUT2D eigenvalue weighted by Crippen LogP contribution is -2.29. The fraction of sp³-hybridized carbons (Fsp3) is 0.167. The van der Waals surface area contributed by atoms with E-state index in [1.54, 1.807) is 6.08 Å². The molecule has 1 fully saturated rings. The van der Waals surface area contributed by atoms with Gasteiger partial charge in [0.15, 0.2) is 5.09 Å². The van der Waals surface area contributed by atoms with Crippen molar-refractivity contribution in [1.82, 2.24) is 4.90 Å². The number of hydrogen-bond acceptors (Lipinski definition) is 5. The van der Waals surface area contributed by atoms with Crippen LogP contribution in [0.2, 0.25) is 0 Å². The SMILES string of the molecule is Cc1ccc(Sc2ccc(/C=C3/SC(=O)N(CCCc4ccccc4)C3=O)o2)cc1. The highest BCUT2D eigenvalue weighted by molar-refractivity contribution is 8.18. The van der Waals surface area contributed by atoms with Crippen LogP contribution in [-0.2, 0) is 11.2 Å². The van der Waals surface area contributed by atoms with Crippen molar-refractivity contribution in [2.45, 2.75) is 29.8 Å². The number of benzene rings is 2. The molecule has 0 radical (unpaired) electrons. The second kappa shape index (κ2) is 9.41. The minimum absolute atomic E-state index is 0.222. The molecule has 3 aromatic rings. The summed E-state index contributed by atoms with van der Waals surface area (Å²) in [4.78, 5) is 27.8. The summed E-state index contributed by atoms with van der Waals surface area (Å²) in [5.74, 6) is 0.321. The average Bonchev–Trinajstić information content (AvgIpc) is 3.29. The van der Waals surface area contributed by atoms with Gasteiger partial charge < -0.3 is 4.42 Å². The predicted octanol–water partition coefficient (Wildman–Crippen LogP) is 6.41. The first-order chi connectivity index (χ1) is 14.6. The van der Waals surface area contributed by atoms with Gasteiger partial charge in [0.05, 0.1) is 4.91 Å². The van der Waals surface area contributed by atoms with Crippen LogP contribution in [0.3, 0.4) is 0 Å². The Balaban J connectivity index is 1.37. The van der Waals surface area contributed by atoms with Crippen LogP contribution in [0.4, 0.5) is 4.79 Å². The van der Waals surface area contributed by atoms with Crippen LogP contribution < -0.4 is 0 Å². The number of hydrogen-bond donors (Lipinski definition) is 0. The second-order valence-corrected chi connectivity index (χ2v) is 9.07. The number of thioether (sulfide) groups is 1. The van der Waals surface area contributed by atoms with Crippen LogP contribution in [-0.4, -0.2) is 22.6 Å². The molecule has 0 atom stereocenters. The van der Waals surface area contributed by atoms with Gasteiger partial charge in [-0.25, -0.2) is 0 Å². The lowest BCUT2D eigenvalue weighted by atomic mass is 10.1. The van der Waals surface area contributed by atoms with Gasteiger partial charge in [-0.05, 0) is 61.4 Å². The van der Waals surface area contributed by atoms with Gasteiger partial charge in [-0.2, -0.15) is 0 Å². The molecule has 30 heavy (non-hydrogen) atoms. The third-order valence-corrected chi connectivity index (χ3v) is 6.51. The zero-order valence-electron chi connectivity index (χ0n) is 16.5. The molecule has 1 aromatic heterocycles. The molecule has 0 aliphatic carbocycles. The van der Waals surface area contributed by atoms with Crippen molar-refractivity contribution in [1.29, 1.82) is 0 Å². The number of furan rings is 1. The summed E-state index contributed by atoms with van der Waals surface area (Å²) in [7, 11) is 0. The third kappa shape index (κ3) is 5.07. The molecule has 1 aliphatic heterocycles. The Kier molecular flexibility index (Phi) is 6.45. The topological polar surface area (TPSA) is 50.5 Å². The number of amides is 2. The standard InChI is InChI=1S/C24H21NO3S2/c1-17-9-12-20(13-10-17)29-22-14-11-19(28-22)16-21-23(26)25(24(27)30-21)15-5-8-18-6-3-2-4-7-18/h2-4,6-7,9-14,16H,5,8,15H2,1H3/b21-16+. The number of imide groups is 1. The minimum Gasteiger partial charge on any atom is -0.450 e. The Morgan fingerprint density at radius 3 is 2.53 bits per heavy atom. The van der Waals surface area contributed by atoms with Crippen LogP contribution >= 0.6 is 23.5 Å². The van der Waals surface area contributed by atoms with E-state index in [4.69, 9.17) is 4.42 Å². The highest BCUT2D eigenvalue weighted by Crippen LogP contribution is 2.34. The van der Waals surface area contributed by atoms with E-state index in [0.717, 1.165) is 34.6 Å². The zero-order valence-corrected chi connectivity index (χ0v) is 18.2. The maximum atomic E-state index is 12.7. The molecule has 0 saturated carbocycles. The van der Waals surface area contributed by atoms with E-state index in [1.165, 1.54) is 27.8 Å². The van der Waals surface area contributed by atoms with E-state index < -0.39 is 0 Å². The quantitative estimate of drug-likeness (QED) is 0.402. The van der Waals surface area contributed by atoms with Crippen LogP contribution in [0.15, 0.2) is 86.0 Å². The Bertz CT molecular complexity index is 1070. The first-order valence-electron chi connectivity index (χ1n) is 9.72. The molecule has 1 saturated heterocycles. The summed E-state index contributed by atoms with van der Waals surface area (Å²) in [6.07, 6.45) is 3.23. The summed E-state index contributed by atoms with van der Waals surface area (Å²) in [5.41, 5.74) is 2.41. The number of carbonyl (C=O) groups is 2. The molecule has 0 spiro atoms. The number of nitrogens with zero attached hydrogens (tertiary/aromatic N) is 1. The summed E-state index contributed by atoms with van der Waals surface area (Å²) >= 11 is 2.49. The van der Waals surface area contributed by atoms with Crippen LogP contribution in [0, 0.1) is 6.92 Å². The summed E-state index contributed by atoms with van der Waals surface area (Å²) in [6, 6.07) is 22.0. The minimum atomic E-state index is -0.248. The maximum Gasteiger partial charge on any atom is 0.293 e. The van der Waals surface area contributed by atoms with Crippen molar-refractivity contribution in [2.24, 2.45) is 0 Å². The first kappa shape index (κ1) is 20.6. The van der Waals surface area contributed by atoms with Gasteiger partial charge in [0, 0.05) is 17.5 Å². The Hall–Kier alpha value is -2.70. The van der Waals surface area contributed by atoms with Crippen molar-refractivity contribution in [2.75, 3.05) is 6.54 Å². The van der Waals surface area contributed by atoms with Gasteiger partial charge in [0.1, 0.15) is 5.76 Å². The van der Waals surface area contributed by atoms with E-state index in [1.807, 2.05) is 49.4 Å². The van der Waals surface area contributed by atoms with Gasteiger partial charge in [0.25, 0.3) is 11.1 Å². The third-order valence-electron chi connectivity index (χ3n) is 4.68. The molecule has 0 bridgehead atoms. The fourth-order valence-corrected chi connectivity index (χ4v) is 4.72. The Labute approximate surface area is 184 Å². The summed E-state index contributed by atoms with van der Waals surface area (Å²) < 4.78 is 5.83.